The molecule has 2 aliphatic rings. The third-order valence-corrected chi connectivity index (χ3v) is 5.37. The number of rotatable bonds is 4. The van der Waals surface area contributed by atoms with Gasteiger partial charge in [0.2, 0.25) is 5.91 Å². The summed E-state index contributed by atoms with van der Waals surface area (Å²) in [6.07, 6.45) is 7.60. The summed E-state index contributed by atoms with van der Waals surface area (Å²) in [5.41, 5.74) is -0.250. The zero-order chi connectivity index (χ0) is 13.9. The summed E-state index contributed by atoms with van der Waals surface area (Å²) in [6.45, 7) is 8.50. The van der Waals surface area contributed by atoms with Crippen LogP contribution in [0.3, 0.4) is 0 Å². The minimum Gasteiger partial charge on any atom is -0.353 e. The Bertz CT molecular complexity index is 302. The van der Waals surface area contributed by atoms with Crippen molar-refractivity contribution in [2.45, 2.75) is 65.3 Å². The van der Waals surface area contributed by atoms with E-state index in [0.717, 1.165) is 13.1 Å². The highest BCUT2D eigenvalue weighted by Crippen LogP contribution is 2.33. The van der Waals surface area contributed by atoms with Crippen LogP contribution in [0, 0.1) is 17.3 Å². The van der Waals surface area contributed by atoms with Crippen molar-refractivity contribution in [3.05, 3.63) is 0 Å². The number of carbonyl (C=O) groups is 1. The van der Waals surface area contributed by atoms with E-state index in [1.54, 1.807) is 0 Å². The van der Waals surface area contributed by atoms with Crippen molar-refractivity contribution >= 4 is 5.91 Å². The Morgan fingerprint density at radius 1 is 1.21 bits per heavy atom. The molecule has 1 saturated carbocycles. The molecule has 0 aromatic rings. The van der Waals surface area contributed by atoms with Crippen molar-refractivity contribution in [1.82, 2.24) is 10.6 Å². The van der Waals surface area contributed by atoms with Crippen LogP contribution in [0.25, 0.3) is 0 Å². The minimum atomic E-state index is -0.250. The zero-order valence-corrected chi connectivity index (χ0v) is 12.8. The highest BCUT2D eigenvalue weighted by atomic mass is 16.2. The summed E-state index contributed by atoms with van der Waals surface area (Å²) >= 11 is 0. The molecule has 2 atom stereocenters. The molecule has 0 bridgehead atoms. The molecule has 0 spiro atoms. The molecular formula is C16H30N2O. The Morgan fingerprint density at radius 3 is 2.47 bits per heavy atom. The number of carbonyl (C=O) groups excluding carboxylic acids is 1. The monoisotopic (exact) mass is 266 g/mol. The van der Waals surface area contributed by atoms with E-state index < -0.39 is 0 Å². The summed E-state index contributed by atoms with van der Waals surface area (Å²) < 4.78 is 0. The fraction of sp³-hybridized carbons (Fsp3) is 0.938. The number of amides is 1. The molecular weight excluding hydrogens is 236 g/mol. The standard InChI is InChI=1S/C16H30N2O/c1-12(13-7-4-5-8-13)18-15(19)16(2,3)14-9-6-10-17-11-14/h12-14,17H,4-11H2,1-3H3,(H,18,19). The molecule has 2 rings (SSSR count). The van der Waals surface area contributed by atoms with Gasteiger partial charge < -0.3 is 10.6 Å². The van der Waals surface area contributed by atoms with Gasteiger partial charge in [0, 0.05) is 11.5 Å². The SMILES string of the molecule is CC(NC(=O)C(C)(C)C1CCCNC1)C1CCCC1. The number of piperidine rings is 1. The molecule has 19 heavy (non-hydrogen) atoms. The molecule has 2 N–H and O–H groups in total. The second-order valence-electron chi connectivity index (χ2n) is 7.07. The van der Waals surface area contributed by atoms with Crippen molar-refractivity contribution in [2.75, 3.05) is 13.1 Å². The van der Waals surface area contributed by atoms with Crippen LogP contribution in [0.5, 0.6) is 0 Å². The normalized spacial score (nSPS) is 27.2. The maximum atomic E-state index is 12.6. The molecule has 0 radical (unpaired) electrons. The molecule has 0 aromatic heterocycles. The molecule has 1 heterocycles. The third kappa shape index (κ3) is 3.50. The van der Waals surface area contributed by atoms with E-state index >= 15 is 0 Å². The highest BCUT2D eigenvalue weighted by molar-refractivity contribution is 5.82. The number of hydrogen-bond donors (Lipinski definition) is 2. The van der Waals surface area contributed by atoms with Gasteiger partial charge in [-0.15, -0.1) is 0 Å². The summed E-state index contributed by atoms with van der Waals surface area (Å²) in [5.74, 6) is 1.42. The Hall–Kier alpha value is -0.570. The van der Waals surface area contributed by atoms with Gasteiger partial charge in [0.05, 0.1) is 0 Å². The lowest BCUT2D eigenvalue weighted by Crippen LogP contribution is -2.50. The van der Waals surface area contributed by atoms with Crippen LogP contribution < -0.4 is 10.6 Å². The number of nitrogens with one attached hydrogen (secondary N) is 2. The van der Waals surface area contributed by atoms with Crippen LogP contribution in [0.2, 0.25) is 0 Å². The Morgan fingerprint density at radius 2 is 1.89 bits per heavy atom. The molecule has 3 heteroatoms. The molecule has 1 amide bonds. The van der Waals surface area contributed by atoms with Crippen molar-refractivity contribution in [2.24, 2.45) is 17.3 Å². The summed E-state index contributed by atoms with van der Waals surface area (Å²) in [7, 11) is 0. The predicted molar refractivity (Wildman–Crippen MR) is 78.9 cm³/mol. The molecule has 1 saturated heterocycles. The average molecular weight is 266 g/mol. The summed E-state index contributed by atoms with van der Waals surface area (Å²) in [5, 5.41) is 6.72. The van der Waals surface area contributed by atoms with E-state index in [9.17, 15) is 4.79 Å². The van der Waals surface area contributed by atoms with E-state index in [1.165, 1.54) is 38.5 Å². The lowest BCUT2D eigenvalue weighted by Gasteiger charge is -2.37. The van der Waals surface area contributed by atoms with Crippen LogP contribution in [0.4, 0.5) is 0 Å². The van der Waals surface area contributed by atoms with E-state index in [1.807, 2.05) is 0 Å². The Balaban J connectivity index is 1.89. The van der Waals surface area contributed by atoms with Crippen molar-refractivity contribution < 1.29 is 4.79 Å². The largest absolute Gasteiger partial charge is 0.353 e. The first-order chi connectivity index (χ1) is 9.01. The second-order valence-corrected chi connectivity index (χ2v) is 7.07. The predicted octanol–water partition coefficient (Wildman–Crippen LogP) is 2.71. The first-order valence-electron chi connectivity index (χ1n) is 8.03. The van der Waals surface area contributed by atoms with E-state index in [4.69, 9.17) is 0 Å². The zero-order valence-electron chi connectivity index (χ0n) is 12.8. The van der Waals surface area contributed by atoms with E-state index in [2.05, 4.69) is 31.4 Å². The van der Waals surface area contributed by atoms with Gasteiger partial charge in [0.1, 0.15) is 0 Å². The molecule has 3 nitrogen and oxygen atoms in total. The van der Waals surface area contributed by atoms with Crippen LogP contribution in [0.1, 0.15) is 59.3 Å². The van der Waals surface area contributed by atoms with Crippen molar-refractivity contribution in [3.63, 3.8) is 0 Å². The van der Waals surface area contributed by atoms with Crippen LogP contribution in [-0.4, -0.2) is 25.0 Å². The maximum Gasteiger partial charge on any atom is 0.226 e. The molecule has 0 aromatic carbocycles. The van der Waals surface area contributed by atoms with E-state index in [0.29, 0.717) is 17.9 Å². The fourth-order valence-corrected chi connectivity index (χ4v) is 3.62. The van der Waals surface area contributed by atoms with Crippen molar-refractivity contribution in [3.8, 4) is 0 Å². The van der Waals surface area contributed by atoms with Gasteiger partial charge in [-0.3, -0.25) is 4.79 Å². The average Bonchev–Trinajstić information content (AvgIpc) is 2.93. The lowest BCUT2D eigenvalue weighted by molar-refractivity contribution is -0.133. The number of hydrogen-bond acceptors (Lipinski definition) is 2. The van der Waals surface area contributed by atoms with Gasteiger partial charge >= 0.3 is 0 Å². The molecule has 1 aliphatic carbocycles. The second kappa shape index (κ2) is 6.25. The molecule has 110 valence electrons. The molecule has 2 unspecified atom stereocenters. The summed E-state index contributed by atoms with van der Waals surface area (Å²) in [4.78, 5) is 12.6. The Kier molecular flexibility index (Phi) is 4.88. The first kappa shape index (κ1) is 14.8. The quantitative estimate of drug-likeness (QED) is 0.821. The van der Waals surface area contributed by atoms with Gasteiger partial charge in [-0.1, -0.05) is 26.7 Å². The van der Waals surface area contributed by atoms with Gasteiger partial charge in [0.25, 0.3) is 0 Å². The lowest BCUT2D eigenvalue weighted by atomic mass is 9.74. The molecule has 1 aliphatic heterocycles. The third-order valence-electron chi connectivity index (χ3n) is 5.37. The van der Waals surface area contributed by atoms with Crippen molar-refractivity contribution in [1.29, 1.82) is 0 Å². The van der Waals surface area contributed by atoms with Crippen LogP contribution in [0.15, 0.2) is 0 Å². The smallest absolute Gasteiger partial charge is 0.226 e. The van der Waals surface area contributed by atoms with Gasteiger partial charge in [-0.2, -0.15) is 0 Å². The van der Waals surface area contributed by atoms with Crippen LogP contribution in [-0.2, 0) is 4.79 Å². The topological polar surface area (TPSA) is 41.1 Å². The fourth-order valence-electron chi connectivity index (χ4n) is 3.62. The minimum absolute atomic E-state index is 0.250. The summed E-state index contributed by atoms with van der Waals surface area (Å²) in [6, 6.07) is 0.339. The molecule has 2 fully saturated rings. The Labute approximate surface area is 117 Å². The van der Waals surface area contributed by atoms with E-state index in [-0.39, 0.29) is 11.3 Å². The van der Waals surface area contributed by atoms with Gasteiger partial charge in [-0.05, 0) is 57.5 Å². The first-order valence-corrected chi connectivity index (χ1v) is 8.03. The maximum absolute atomic E-state index is 12.6. The van der Waals surface area contributed by atoms with Gasteiger partial charge in [0.15, 0.2) is 0 Å². The van der Waals surface area contributed by atoms with Gasteiger partial charge in [-0.25, -0.2) is 0 Å². The van der Waals surface area contributed by atoms with Crippen LogP contribution >= 0.6 is 0 Å². The highest BCUT2D eigenvalue weighted by Gasteiger charge is 2.38.